The predicted octanol–water partition coefficient (Wildman–Crippen LogP) is 7.08. The van der Waals surface area contributed by atoms with Gasteiger partial charge in [-0.15, -0.1) is 0 Å². The number of methoxy groups -OCH3 is 1. The quantitative estimate of drug-likeness (QED) is 0.202. The molecule has 2 heterocycles. The van der Waals surface area contributed by atoms with E-state index in [2.05, 4.69) is 39.9 Å². The summed E-state index contributed by atoms with van der Waals surface area (Å²) in [5, 5.41) is 17.1. The van der Waals surface area contributed by atoms with Crippen molar-refractivity contribution in [2.45, 2.75) is 31.6 Å². The van der Waals surface area contributed by atoms with Gasteiger partial charge in [-0.25, -0.2) is 4.98 Å². The van der Waals surface area contributed by atoms with Gasteiger partial charge in [-0.2, -0.15) is 5.26 Å². The largest absolute Gasteiger partial charge is 0.497 e. The standard InChI is InChI=1S/C35H31N5O2/c1-23-7-10-27(40-34(41)29-5-3-4-6-31(29)35(22-36)14-15-35)18-30(23)25-17-26-21-39-33(19-32(26)38-20-25)37-16-13-24-8-11-28(42-2)12-9-24/h3-12,17-21H,13-16H2,1-2H3,(H,37,39)(H,40,41). The molecule has 3 aromatic carbocycles. The van der Waals surface area contributed by atoms with Crippen LogP contribution in [0.2, 0.25) is 0 Å². The van der Waals surface area contributed by atoms with Gasteiger partial charge >= 0.3 is 0 Å². The van der Waals surface area contributed by atoms with Gasteiger partial charge in [-0.3, -0.25) is 9.78 Å². The second-order valence-corrected chi connectivity index (χ2v) is 10.7. The predicted molar refractivity (Wildman–Crippen MR) is 166 cm³/mol. The summed E-state index contributed by atoms with van der Waals surface area (Å²) in [6.45, 7) is 2.79. The Hall–Kier alpha value is -5.22. The number of pyridine rings is 2. The van der Waals surface area contributed by atoms with Crippen LogP contribution in [0.25, 0.3) is 22.0 Å². The SMILES string of the molecule is COc1ccc(CCNc2cc3ncc(-c4cc(NC(=O)c5ccccc5C5(C#N)CC5)ccc4C)cc3cn2)cc1. The number of nitriles is 1. The molecule has 2 aromatic heterocycles. The van der Waals surface area contributed by atoms with Crippen molar-refractivity contribution < 1.29 is 9.53 Å². The van der Waals surface area contributed by atoms with E-state index in [0.29, 0.717) is 11.3 Å². The molecule has 7 heteroatoms. The number of hydrogen-bond donors (Lipinski definition) is 2. The number of amides is 1. The molecule has 0 bridgehead atoms. The van der Waals surface area contributed by atoms with Crippen molar-refractivity contribution in [1.82, 2.24) is 9.97 Å². The van der Waals surface area contributed by atoms with E-state index in [1.807, 2.05) is 73.9 Å². The van der Waals surface area contributed by atoms with Crippen molar-refractivity contribution in [2.75, 3.05) is 24.3 Å². The average molecular weight is 554 g/mol. The molecule has 1 fully saturated rings. The topological polar surface area (TPSA) is 99.9 Å². The Morgan fingerprint density at radius 2 is 1.81 bits per heavy atom. The van der Waals surface area contributed by atoms with Crippen molar-refractivity contribution in [1.29, 1.82) is 5.26 Å². The van der Waals surface area contributed by atoms with E-state index in [4.69, 9.17) is 9.72 Å². The van der Waals surface area contributed by atoms with Crippen LogP contribution in [0.5, 0.6) is 5.75 Å². The number of benzene rings is 3. The number of carbonyl (C=O) groups excluding carboxylic acids is 1. The molecule has 0 unspecified atom stereocenters. The third-order valence-corrected chi connectivity index (χ3v) is 7.90. The minimum absolute atomic E-state index is 0.213. The molecule has 208 valence electrons. The van der Waals surface area contributed by atoms with Crippen LogP contribution in [0.4, 0.5) is 11.5 Å². The Morgan fingerprint density at radius 1 is 1.00 bits per heavy atom. The number of aromatic nitrogens is 2. The van der Waals surface area contributed by atoms with Crippen LogP contribution in [0.3, 0.4) is 0 Å². The molecule has 42 heavy (non-hydrogen) atoms. The average Bonchev–Trinajstić information content (AvgIpc) is 3.83. The number of nitrogens with one attached hydrogen (secondary N) is 2. The first-order valence-electron chi connectivity index (χ1n) is 14.0. The highest BCUT2D eigenvalue weighted by Gasteiger charge is 2.46. The number of aryl methyl sites for hydroxylation is 1. The van der Waals surface area contributed by atoms with E-state index in [0.717, 1.165) is 70.5 Å². The second kappa shape index (κ2) is 11.3. The summed E-state index contributed by atoms with van der Waals surface area (Å²) in [6.07, 6.45) is 6.13. The zero-order chi connectivity index (χ0) is 29.1. The van der Waals surface area contributed by atoms with Crippen molar-refractivity contribution >= 4 is 28.3 Å². The van der Waals surface area contributed by atoms with Gasteiger partial charge in [0.2, 0.25) is 0 Å². The molecule has 0 saturated heterocycles. The summed E-state index contributed by atoms with van der Waals surface area (Å²) in [4.78, 5) is 22.6. The van der Waals surface area contributed by atoms with Gasteiger partial charge in [0.1, 0.15) is 11.6 Å². The Bertz CT molecular complexity index is 1820. The van der Waals surface area contributed by atoms with E-state index >= 15 is 0 Å². The molecule has 1 aliphatic carbocycles. The number of nitrogens with zero attached hydrogens (tertiary/aromatic N) is 3. The number of hydrogen-bond acceptors (Lipinski definition) is 6. The van der Waals surface area contributed by atoms with Gasteiger partial charge in [0, 0.05) is 47.2 Å². The van der Waals surface area contributed by atoms with E-state index in [1.165, 1.54) is 5.56 Å². The molecular formula is C35H31N5O2. The lowest BCUT2D eigenvalue weighted by Crippen LogP contribution is -2.17. The van der Waals surface area contributed by atoms with Gasteiger partial charge in [0.05, 0.1) is 24.1 Å². The lowest BCUT2D eigenvalue weighted by Gasteiger charge is -2.15. The maximum absolute atomic E-state index is 13.3. The molecule has 1 amide bonds. The Balaban J connectivity index is 1.17. The number of fused-ring (bicyclic) bond motifs is 1. The zero-order valence-corrected chi connectivity index (χ0v) is 23.6. The van der Waals surface area contributed by atoms with Crippen LogP contribution < -0.4 is 15.4 Å². The third-order valence-electron chi connectivity index (χ3n) is 7.90. The first-order valence-corrected chi connectivity index (χ1v) is 14.0. The fourth-order valence-corrected chi connectivity index (χ4v) is 5.27. The monoisotopic (exact) mass is 553 g/mol. The van der Waals surface area contributed by atoms with E-state index in [-0.39, 0.29) is 5.91 Å². The molecule has 0 aliphatic heterocycles. The third kappa shape index (κ3) is 5.52. The van der Waals surface area contributed by atoms with Gasteiger partial charge in [-0.05, 0) is 84.8 Å². The van der Waals surface area contributed by atoms with Crippen LogP contribution in [-0.2, 0) is 11.8 Å². The Morgan fingerprint density at radius 3 is 2.57 bits per heavy atom. The van der Waals surface area contributed by atoms with Gasteiger partial charge in [-0.1, -0.05) is 36.4 Å². The highest BCUT2D eigenvalue weighted by atomic mass is 16.5. The van der Waals surface area contributed by atoms with Gasteiger partial charge < -0.3 is 15.4 Å². The van der Waals surface area contributed by atoms with Crippen molar-refractivity contribution in [3.8, 4) is 22.9 Å². The van der Waals surface area contributed by atoms with E-state index < -0.39 is 5.41 Å². The fraction of sp³-hybridized carbons (Fsp3) is 0.200. The fourth-order valence-electron chi connectivity index (χ4n) is 5.27. The minimum atomic E-state index is -0.539. The maximum atomic E-state index is 13.3. The van der Waals surface area contributed by atoms with Crippen molar-refractivity contribution in [3.63, 3.8) is 0 Å². The first-order chi connectivity index (χ1) is 20.5. The number of anilines is 2. The van der Waals surface area contributed by atoms with Crippen LogP contribution in [-0.4, -0.2) is 29.5 Å². The smallest absolute Gasteiger partial charge is 0.255 e. The number of ether oxygens (including phenoxy) is 1. The van der Waals surface area contributed by atoms with E-state index in [9.17, 15) is 10.1 Å². The summed E-state index contributed by atoms with van der Waals surface area (Å²) >= 11 is 0. The summed E-state index contributed by atoms with van der Waals surface area (Å²) in [5.41, 5.74) is 6.57. The molecule has 0 radical (unpaired) electrons. The molecule has 7 nitrogen and oxygen atoms in total. The van der Waals surface area contributed by atoms with E-state index in [1.54, 1.807) is 13.2 Å². The molecule has 0 spiro atoms. The van der Waals surface area contributed by atoms with Crippen LogP contribution >= 0.6 is 0 Å². The molecule has 1 aliphatic rings. The molecule has 5 aromatic rings. The molecular weight excluding hydrogens is 522 g/mol. The summed E-state index contributed by atoms with van der Waals surface area (Å²) in [7, 11) is 1.67. The molecule has 0 atom stereocenters. The highest BCUT2D eigenvalue weighted by Crippen LogP contribution is 2.48. The van der Waals surface area contributed by atoms with Gasteiger partial charge in [0.25, 0.3) is 5.91 Å². The van der Waals surface area contributed by atoms with Gasteiger partial charge in [0.15, 0.2) is 0 Å². The summed E-state index contributed by atoms with van der Waals surface area (Å²) in [5.74, 6) is 1.42. The molecule has 1 saturated carbocycles. The zero-order valence-electron chi connectivity index (χ0n) is 23.6. The lowest BCUT2D eigenvalue weighted by atomic mass is 9.92. The van der Waals surface area contributed by atoms with Crippen molar-refractivity contribution in [3.05, 3.63) is 114 Å². The highest BCUT2D eigenvalue weighted by molar-refractivity contribution is 6.06. The van der Waals surface area contributed by atoms with Crippen molar-refractivity contribution in [2.24, 2.45) is 0 Å². The van der Waals surface area contributed by atoms with Crippen LogP contribution in [0.1, 0.15) is 39.9 Å². The van der Waals surface area contributed by atoms with Crippen LogP contribution in [0.15, 0.2) is 91.3 Å². The normalized spacial score (nSPS) is 13.3. The summed E-state index contributed by atoms with van der Waals surface area (Å²) < 4.78 is 5.23. The Kier molecular flexibility index (Phi) is 7.28. The summed E-state index contributed by atoms with van der Waals surface area (Å²) in [6, 6.07) is 27.8. The molecule has 2 N–H and O–H groups in total. The molecule has 6 rings (SSSR count). The van der Waals surface area contributed by atoms with Crippen LogP contribution in [0, 0.1) is 18.3 Å². The Labute approximate surface area is 245 Å². The number of carbonyl (C=O) groups is 1. The minimum Gasteiger partial charge on any atom is -0.497 e. The lowest BCUT2D eigenvalue weighted by molar-refractivity contribution is 0.102. The number of rotatable bonds is 9. The maximum Gasteiger partial charge on any atom is 0.255 e. The second-order valence-electron chi connectivity index (χ2n) is 10.7. The first kappa shape index (κ1) is 27.0.